The van der Waals surface area contributed by atoms with Gasteiger partial charge in [0, 0.05) is 18.7 Å². The molecule has 2 rings (SSSR count). The van der Waals surface area contributed by atoms with Gasteiger partial charge in [0.25, 0.3) is 0 Å². The van der Waals surface area contributed by atoms with E-state index in [9.17, 15) is 4.79 Å². The Morgan fingerprint density at radius 1 is 1.50 bits per heavy atom. The first-order chi connectivity index (χ1) is 7.76. The highest BCUT2D eigenvalue weighted by Crippen LogP contribution is 2.31. The van der Waals surface area contributed by atoms with Crippen LogP contribution < -0.4 is 9.64 Å². The number of fused-ring (bicyclic) bond motifs is 1. The first kappa shape index (κ1) is 11.0. The zero-order chi connectivity index (χ0) is 11.5. The van der Waals surface area contributed by atoms with Crippen LogP contribution in [0.5, 0.6) is 5.75 Å². The van der Waals surface area contributed by atoms with Crippen LogP contribution in [-0.2, 0) is 11.2 Å². The molecule has 0 saturated heterocycles. The number of hydrogen-bond acceptors (Lipinski definition) is 2. The van der Waals surface area contributed by atoms with Gasteiger partial charge in [0.15, 0.2) is 0 Å². The van der Waals surface area contributed by atoms with Gasteiger partial charge in [0.05, 0.1) is 7.11 Å². The Morgan fingerprint density at radius 2 is 2.31 bits per heavy atom. The van der Waals surface area contributed by atoms with Crippen molar-refractivity contribution in [3.63, 3.8) is 0 Å². The summed E-state index contributed by atoms with van der Waals surface area (Å²) in [5.74, 6) is 1.09. The van der Waals surface area contributed by atoms with Crippen LogP contribution in [-0.4, -0.2) is 19.6 Å². The lowest BCUT2D eigenvalue weighted by Crippen LogP contribution is -2.28. The van der Waals surface area contributed by atoms with Crippen molar-refractivity contribution >= 4 is 11.6 Å². The maximum Gasteiger partial charge on any atom is 0.226 e. The fourth-order valence-corrected chi connectivity index (χ4v) is 2.11. The summed E-state index contributed by atoms with van der Waals surface area (Å²) in [6, 6.07) is 5.92. The normalized spacial score (nSPS) is 13.8. The van der Waals surface area contributed by atoms with Gasteiger partial charge in [-0.05, 0) is 36.6 Å². The van der Waals surface area contributed by atoms with Gasteiger partial charge in [-0.25, -0.2) is 0 Å². The van der Waals surface area contributed by atoms with Crippen molar-refractivity contribution < 1.29 is 9.53 Å². The monoisotopic (exact) mass is 219 g/mol. The van der Waals surface area contributed by atoms with E-state index in [4.69, 9.17) is 4.74 Å². The smallest absolute Gasteiger partial charge is 0.226 e. The van der Waals surface area contributed by atoms with Gasteiger partial charge in [-0.15, -0.1) is 0 Å². The van der Waals surface area contributed by atoms with E-state index in [1.165, 1.54) is 5.56 Å². The van der Waals surface area contributed by atoms with Crippen molar-refractivity contribution in [1.82, 2.24) is 0 Å². The molecule has 0 aromatic heterocycles. The average molecular weight is 219 g/mol. The molecule has 3 heteroatoms. The van der Waals surface area contributed by atoms with Crippen LogP contribution in [0.25, 0.3) is 0 Å². The molecule has 0 radical (unpaired) electrons. The predicted molar refractivity (Wildman–Crippen MR) is 64.0 cm³/mol. The Morgan fingerprint density at radius 3 is 3.00 bits per heavy atom. The number of benzene rings is 1. The number of hydrogen-bond donors (Lipinski definition) is 0. The largest absolute Gasteiger partial charge is 0.497 e. The number of carbonyl (C=O) groups is 1. The zero-order valence-electron chi connectivity index (χ0n) is 9.82. The van der Waals surface area contributed by atoms with E-state index >= 15 is 0 Å². The molecule has 3 nitrogen and oxygen atoms in total. The molecule has 1 aliphatic rings. The Kier molecular flexibility index (Phi) is 3.13. The molecule has 1 heterocycles. The molecule has 0 fully saturated rings. The number of amides is 1. The van der Waals surface area contributed by atoms with Gasteiger partial charge < -0.3 is 9.64 Å². The molecule has 0 spiro atoms. The lowest BCUT2D eigenvalue weighted by Gasteiger charge is -2.17. The molecule has 0 aliphatic carbocycles. The Hall–Kier alpha value is -1.51. The molecule has 1 aliphatic heterocycles. The van der Waals surface area contributed by atoms with Crippen LogP contribution in [0.3, 0.4) is 0 Å². The van der Waals surface area contributed by atoms with Gasteiger partial charge >= 0.3 is 0 Å². The first-order valence-corrected chi connectivity index (χ1v) is 5.73. The fourth-order valence-electron chi connectivity index (χ4n) is 2.11. The quantitative estimate of drug-likeness (QED) is 0.781. The second kappa shape index (κ2) is 4.56. The van der Waals surface area contributed by atoms with Crippen LogP contribution in [0.15, 0.2) is 18.2 Å². The maximum absolute atomic E-state index is 11.9. The Labute approximate surface area is 96.0 Å². The maximum atomic E-state index is 11.9. The summed E-state index contributed by atoms with van der Waals surface area (Å²) in [5, 5.41) is 0. The molecule has 0 atom stereocenters. The SMILES string of the molecule is CCCC(=O)N1CCc2cc(OC)ccc21. The molecular weight excluding hydrogens is 202 g/mol. The number of anilines is 1. The Bertz CT molecular complexity index is 401. The van der Waals surface area contributed by atoms with Crippen LogP contribution in [0, 0.1) is 0 Å². The lowest BCUT2D eigenvalue weighted by molar-refractivity contribution is -0.118. The van der Waals surface area contributed by atoms with Crippen molar-refractivity contribution in [2.24, 2.45) is 0 Å². The van der Waals surface area contributed by atoms with Crippen LogP contribution in [0.1, 0.15) is 25.3 Å². The zero-order valence-corrected chi connectivity index (χ0v) is 9.82. The summed E-state index contributed by atoms with van der Waals surface area (Å²) >= 11 is 0. The second-order valence-electron chi connectivity index (χ2n) is 4.04. The minimum atomic E-state index is 0.228. The topological polar surface area (TPSA) is 29.5 Å². The molecule has 86 valence electrons. The van der Waals surface area contributed by atoms with Crippen molar-refractivity contribution in [1.29, 1.82) is 0 Å². The first-order valence-electron chi connectivity index (χ1n) is 5.73. The van der Waals surface area contributed by atoms with Gasteiger partial charge in [-0.2, -0.15) is 0 Å². The van der Waals surface area contributed by atoms with E-state index in [0.717, 1.165) is 30.8 Å². The van der Waals surface area contributed by atoms with Crippen molar-refractivity contribution in [2.45, 2.75) is 26.2 Å². The summed E-state index contributed by atoms with van der Waals surface area (Å²) in [4.78, 5) is 13.7. The third-order valence-corrected chi connectivity index (χ3v) is 2.95. The number of rotatable bonds is 3. The summed E-state index contributed by atoms with van der Waals surface area (Å²) in [6.07, 6.45) is 2.47. The van der Waals surface area contributed by atoms with E-state index in [0.29, 0.717) is 6.42 Å². The highest BCUT2D eigenvalue weighted by molar-refractivity contribution is 5.95. The van der Waals surface area contributed by atoms with E-state index in [-0.39, 0.29) is 5.91 Å². The van der Waals surface area contributed by atoms with Crippen LogP contribution in [0.2, 0.25) is 0 Å². The average Bonchev–Trinajstić information content (AvgIpc) is 2.71. The molecular formula is C13H17NO2. The molecule has 0 saturated carbocycles. The van der Waals surface area contributed by atoms with E-state index in [1.807, 2.05) is 30.0 Å². The minimum absolute atomic E-state index is 0.228. The van der Waals surface area contributed by atoms with Crippen molar-refractivity contribution in [3.8, 4) is 5.75 Å². The van der Waals surface area contributed by atoms with Gasteiger partial charge in [0.2, 0.25) is 5.91 Å². The minimum Gasteiger partial charge on any atom is -0.497 e. The van der Waals surface area contributed by atoms with E-state index in [1.54, 1.807) is 7.11 Å². The third kappa shape index (κ3) is 1.90. The van der Waals surface area contributed by atoms with Crippen molar-refractivity contribution in [3.05, 3.63) is 23.8 Å². The summed E-state index contributed by atoms with van der Waals surface area (Å²) in [6.45, 7) is 2.84. The molecule has 1 aromatic carbocycles. The third-order valence-electron chi connectivity index (χ3n) is 2.95. The number of ether oxygens (including phenoxy) is 1. The number of nitrogens with zero attached hydrogens (tertiary/aromatic N) is 1. The van der Waals surface area contributed by atoms with Gasteiger partial charge in [-0.1, -0.05) is 6.92 Å². The molecule has 0 bridgehead atoms. The van der Waals surface area contributed by atoms with E-state index < -0.39 is 0 Å². The van der Waals surface area contributed by atoms with E-state index in [2.05, 4.69) is 0 Å². The second-order valence-corrected chi connectivity index (χ2v) is 4.04. The molecule has 1 aromatic rings. The Balaban J connectivity index is 2.23. The summed E-state index contributed by atoms with van der Waals surface area (Å²) < 4.78 is 5.18. The number of carbonyl (C=O) groups excluding carboxylic acids is 1. The fraction of sp³-hybridized carbons (Fsp3) is 0.462. The van der Waals surface area contributed by atoms with Crippen LogP contribution >= 0.6 is 0 Å². The van der Waals surface area contributed by atoms with Gasteiger partial charge in [0.1, 0.15) is 5.75 Å². The summed E-state index contributed by atoms with van der Waals surface area (Å²) in [5.41, 5.74) is 2.27. The molecule has 0 N–H and O–H groups in total. The standard InChI is InChI=1S/C13H17NO2/c1-3-4-13(15)14-8-7-10-9-11(16-2)5-6-12(10)14/h5-6,9H,3-4,7-8H2,1-2H3. The molecule has 0 unspecified atom stereocenters. The van der Waals surface area contributed by atoms with Gasteiger partial charge in [-0.3, -0.25) is 4.79 Å². The highest BCUT2D eigenvalue weighted by Gasteiger charge is 2.23. The number of methoxy groups -OCH3 is 1. The molecule has 16 heavy (non-hydrogen) atoms. The highest BCUT2D eigenvalue weighted by atomic mass is 16.5. The van der Waals surface area contributed by atoms with Crippen molar-refractivity contribution in [2.75, 3.05) is 18.6 Å². The predicted octanol–water partition coefficient (Wildman–Crippen LogP) is 2.38. The van der Waals surface area contributed by atoms with Crippen LogP contribution in [0.4, 0.5) is 5.69 Å². The summed E-state index contributed by atoms with van der Waals surface area (Å²) in [7, 11) is 1.66. The molecule has 1 amide bonds. The lowest BCUT2D eigenvalue weighted by atomic mass is 10.1.